The number of rotatable bonds is 2. The van der Waals surface area contributed by atoms with Crippen LogP contribution in [0.3, 0.4) is 0 Å². The van der Waals surface area contributed by atoms with Crippen LogP contribution in [-0.2, 0) is 6.54 Å². The van der Waals surface area contributed by atoms with E-state index in [4.69, 9.17) is 4.42 Å². The molecule has 14 heavy (non-hydrogen) atoms. The first kappa shape index (κ1) is 9.76. The van der Waals surface area contributed by atoms with Gasteiger partial charge in [0.1, 0.15) is 0 Å². The predicted molar refractivity (Wildman–Crippen MR) is 63.5 cm³/mol. The summed E-state index contributed by atoms with van der Waals surface area (Å²) in [6, 6.07) is 5.74. The van der Waals surface area contributed by atoms with Gasteiger partial charge in [-0.3, -0.25) is 4.57 Å². The summed E-state index contributed by atoms with van der Waals surface area (Å²) < 4.78 is 7.90. The number of aryl methyl sites for hydroxylation is 1. The lowest BCUT2D eigenvalue weighted by molar-refractivity contribution is 0.502. The molecule has 0 fully saturated rings. The summed E-state index contributed by atoms with van der Waals surface area (Å²) in [6.45, 7) is 2.76. The van der Waals surface area contributed by atoms with Crippen LogP contribution in [0.15, 0.2) is 27.4 Å². The molecular weight excluding hydrogens is 293 g/mol. The quantitative estimate of drug-likeness (QED) is 0.799. The van der Waals surface area contributed by atoms with Gasteiger partial charge in [-0.2, -0.15) is 0 Å². The van der Waals surface area contributed by atoms with Gasteiger partial charge >= 0.3 is 5.76 Å². The zero-order chi connectivity index (χ0) is 10.1. The van der Waals surface area contributed by atoms with E-state index in [-0.39, 0.29) is 5.76 Å². The van der Waals surface area contributed by atoms with E-state index in [9.17, 15) is 4.79 Å². The average Bonchev–Trinajstić information content (AvgIpc) is 2.45. The first-order valence-electron chi connectivity index (χ1n) is 4.51. The van der Waals surface area contributed by atoms with Gasteiger partial charge in [-0.25, -0.2) is 4.79 Å². The Morgan fingerprint density at radius 2 is 2.29 bits per heavy atom. The molecule has 74 valence electrons. The normalized spacial score (nSPS) is 11.0. The molecule has 4 heteroatoms. The molecule has 2 aromatic rings. The minimum Gasteiger partial charge on any atom is -0.408 e. The summed E-state index contributed by atoms with van der Waals surface area (Å²) in [5.41, 5.74) is 1.56. The number of hydrogen-bond acceptors (Lipinski definition) is 2. The minimum absolute atomic E-state index is 0.260. The van der Waals surface area contributed by atoms with Crippen molar-refractivity contribution >= 4 is 33.7 Å². The van der Waals surface area contributed by atoms with E-state index in [1.54, 1.807) is 4.57 Å². The van der Waals surface area contributed by atoms with Crippen molar-refractivity contribution in [2.75, 3.05) is 0 Å². The first-order chi connectivity index (χ1) is 6.72. The highest BCUT2D eigenvalue weighted by molar-refractivity contribution is 14.1. The molecule has 0 aliphatic rings. The highest BCUT2D eigenvalue weighted by Crippen LogP contribution is 2.16. The fourth-order valence-electron chi connectivity index (χ4n) is 1.47. The lowest BCUT2D eigenvalue weighted by atomic mass is 10.3. The lowest BCUT2D eigenvalue weighted by Gasteiger charge is -1.98. The third-order valence-corrected chi connectivity index (χ3v) is 2.75. The topological polar surface area (TPSA) is 35.1 Å². The Morgan fingerprint density at radius 3 is 3.00 bits per heavy atom. The van der Waals surface area contributed by atoms with Crippen molar-refractivity contribution in [3.63, 3.8) is 0 Å². The predicted octanol–water partition coefficient (Wildman–Crippen LogP) is 2.61. The molecule has 0 saturated heterocycles. The van der Waals surface area contributed by atoms with E-state index in [0.717, 1.165) is 15.5 Å². The summed E-state index contributed by atoms with van der Waals surface area (Å²) in [5, 5.41) is 0. The largest absolute Gasteiger partial charge is 0.419 e. The second kappa shape index (κ2) is 3.76. The minimum atomic E-state index is -0.260. The van der Waals surface area contributed by atoms with Gasteiger partial charge in [-0.15, -0.1) is 0 Å². The molecular formula is C10H10INO2. The van der Waals surface area contributed by atoms with Crippen LogP contribution < -0.4 is 5.76 Å². The fourth-order valence-corrected chi connectivity index (χ4v) is 1.95. The second-order valence-electron chi connectivity index (χ2n) is 3.13. The maximum absolute atomic E-state index is 11.4. The number of hydrogen-bond donors (Lipinski definition) is 0. The molecule has 0 spiro atoms. The molecule has 2 rings (SSSR count). The molecule has 0 unspecified atom stereocenters. The zero-order valence-electron chi connectivity index (χ0n) is 7.79. The van der Waals surface area contributed by atoms with E-state index < -0.39 is 0 Å². The molecule has 0 amide bonds. The second-order valence-corrected chi connectivity index (χ2v) is 4.38. The summed E-state index contributed by atoms with van der Waals surface area (Å²) >= 11 is 2.23. The van der Waals surface area contributed by atoms with E-state index in [2.05, 4.69) is 22.6 Å². The van der Waals surface area contributed by atoms with Gasteiger partial charge in [0, 0.05) is 10.1 Å². The van der Waals surface area contributed by atoms with Crippen LogP contribution in [-0.4, -0.2) is 4.57 Å². The number of oxazole rings is 1. The van der Waals surface area contributed by atoms with Gasteiger partial charge in [0.15, 0.2) is 5.58 Å². The van der Waals surface area contributed by atoms with Gasteiger partial charge < -0.3 is 4.42 Å². The first-order valence-corrected chi connectivity index (χ1v) is 5.59. The molecule has 3 nitrogen and oxygen atoms in total. The number of nitrogens with zero attached hydrogens (tertiary/aromatic N) is 1. The number of benzene rings is 1. The van der Waals surface area contributed by atoms with Gasteiger partial charge in [0.05, 0.1) is 5.52 Å². The Labute approximate surface area is 94.9 Å². The standard InChI is InChI=1S/C10H10INO2/c1-2-5-12-8-6-7(11)3-4-9(8)14-10(12)13/h3-4,6H,2,5H2,1H3. The molecule has 0 aliphatic heterocycles. The highest BCUT2D eigenvalue weighted by atomic mass is 127. The molecule has 0 N–H and O–H groups in total. The summed E-state index contributed by atoms with van der Waals surface area (Å²) in [5.74, 6) is -0.260. The smallest absolute Gasteiger partial charge is 0.408 e. The van der Waals surface area contributed by atoms with E-state index in [1.165, 1.54) is 0 Å². The van der Waals surface area contributed by atoms with Crippen molar-refractivity contribution in [3.8, 4) is 0 Å². The van der Waals surface area contributed by atoms with E-state index in [0.29, 0.717) is 12.1 Å². The Hall–Kier alpha value is -0.780. The zero-order valence-corrected chi connectivity index (χ0v) is 9.95. The molecule has 0 saturated carbocycles. The van der Waals surface area contributed by atoms with Gasteiger partial charge in [0.2, 0.25) is 0 Å². The van der Waals surface area contributed by atoms with Crippen LogP contribution in [0.1, 0.15) is 13.3 Å². The molecule has 0 bridgehead atoms. The Balaban J connectivity index is 2.73. The number of halogens is 1. The van der Waals surface area contributed by atoms with E-state index >= 15 is 0 Å². The SMILES string of the molecule is CCCn1c(=O)oc2ccc(I)cc21. The Bertz CT molecular complexity index is 512. The molecule has 0 aliphatic carbocycles. The van der Waals surface area contributed by atoms with Crippen molar-refractivity contribution in [2.24, 2.45) is 0 Å². The van der Waals surface area contributed by atoms with Crippen LogP contribution in [0.4, 0.5) is 0 Å². The van der Waals surface area contributed by atoms with Gasteiger partial charge in [-0.1, -0.05) is 6.92 Å². The third-order valence-electron chi connectivity index (χ3n) is 2.08. The molecule has 1 aromatic carbocycles. The van der Waals surface area contributed by atoms with Crippen LogP contribution >= 0.6 is 22.6 Å². The lowest BCUT2D eigenvalue weighted by Crippen LogP contribution is -2.13. The van der Waals surface area contributed by atoms with Crippen molar-refractivity contribution in [2.45, 2.75) is 19.9 Å². The average molecular weight is 303 g/mol. The van der Waals surface area contributed by atoms with Crippen LogP contribution in [0, 0.1) is 3.57 Å². The van der Waals surface area contributed by atoms with Crippen molar-refractivity contribution < 1.29 is 4.42 Å². The van der Waals surface area contributed by atoms with Crippen LogP contribution in [0.5, 0.6) is 0 Å². The van der Waals surface area contributed by atoms with Gasteiger partial charge in [0.25, 0.3) is 0 Å². The Morgan fingerprint density at radius 1 is 1.50 bits per heavy atom. The maximum atomic E-state index is 11.4. The van der Waals surface area contributed by atoms with Crippen molar-refractivity contribution in [1.29, 1.82) is 0 Å². The maximum Gasteiger partial charge on any atom is 0.419 e. The fraction of sp³-hybridized carbons (Fsp3) is 0.300. The highest BCUT2D eigenvalue weighted by Gasteiger charge is 2.07. The Kier molecular flexibility index (Phi) is 2.62. The third kappa shape index (κ3) is 1.58. The summed E-state index contributed by atoms with van der Waals surface area (Å²) in [7, 11) is 0. The molecule has 1 heterocycles. The van der Waals surface area contributed by atoms with Gasteiger partial charge in [-0.05, 0) is 47.2 Å². The van der Waals surface area contributed by atoms with Crippen molar-refractivity contribution in [3.05, 3.63) is 32.3 Å². The summed E-state index contributed by atoms with van der Waals surface area (Å²) in [4.78, 5) is 11.4. The van der Waals surface area contributed by atoms with E-state index in [1.807, 2.05) is 25.1 Å². The molecule has 0 atom stereocenters. The van der Waals surface area contributed by atoms with Crippen molar-refractivity contribution in [1.82, 2.24) is 4.57 Å². The molecule has 1 aromatic heterocycles. The number of aromatic nitrogens is 1. The summed E-state index contributed by atoms with van der Waals surface area (Å²) in [6.07, 6.45) is 0.931. The monoisotopic (exact) mass is 303 g/mol. The number of fused-ring (bicyclic) bond motifs is 1. The molecule has 0 radical (unpaired) electrons. The van der Waals surface area contributed by atoms with Crippen LogP contribution in [0.25, 0.3) is 11.1 Å². The van der Waals surface area contributed by atoms with Crippen LogP contribution in [0.2, 0.25) is 0 Å².